The van der Waals surface area contributed by atoms with Crippen LogP contribution >= 0.6 is 0 Å². The monoisotopic (exact) mass is 227 g/mol. The Balaban J connectivity index is 2.47. The lowest BCUT2D eigenvalue weighted by molar-refractivity contribution is -0.141. The van der Waals surface area contributed by atoms with E-state index in [1.165, 1.54) is 6.42 Å². The van der Waals surface area contributed by atoms with Gasteiger partial charge < -0.3 is 9.64 Å². The number of carbonyl (C=O) groups excluding carboxylic acids is 1. The Kier molecular flexibility index (Phi) is 4.78. The molecule has 1 unspecified atom stereocenters. The summed E-state index contributed by atoms with van der Waals surface area (Å²) < 4.78 is 5.45. The molecule has 1 saturated heterocycles. The van der Waals surface area contributed by atoms with Crippen LogP contribution in [0, 0.1) is 11.3 Å². The highest BCUT2D eigenvalue weighted by Gasteiger charge is 2.30. The third-order valence-electron chi connectivity index (χ3n) is 3.01. The number of hydrogen-bond donors (Lipinski definition) is 0. The summed E-state index contributed by atoms with van der Waals surface area (Å²) in [6.45, 7) is 11.3. The minimum Gasteiger partial charge on any atom is -0.381 e. The van der Waals surface area contributed by atoms with Crippen LogP contribution in [0.1, 0.15) is 40.5 Å². The van der Waals surface area contributed by atoms with Crippen molar-refractivity contribution in [3.05, 3.63) is 0 Å². The van der Waals surface area contributed by atoms with Gasteiger partial charge in [-0.15, -0.1) is 0 Å². The quantitative estimate of drug-likeness (QED) is 0.740. The SMILES string of the molecule is CCOCC1CCCN(C(=O)C(C)(C)C)C1. The van der Waals surface area contributed by atoms with Crippen molar-refractivity contribution in [3.63, 3.8) is 0 Å². The Morgan fingerprint density at radius 3 is 2.69 bits per heavy atom. The fraction of sp³-hybridized carbons (Fsp3) is 0.923. The van der Waals surface area contributed by atoms with Crippen LogP contribution in [0.15, 0.2) is 0 Å². The zero-order valence-corrected chi connectivity index (χ0v) is 11.1. The van der Waals surface area contributed by atoms with E-state index in [0.29, 0.717) is 5.92 Å². The topological polar surface area (TPSA) is 29.5 Å². The summed E-state index contributed by atoms with van der Waals surface area (Å²) in [5.41, 5.74) is -0.256. The molecule has 0 aliphatic carbocycles. The van der Waals surface area contributed by atoms with Crippen molar-refractivity contribution in [1.29, 1.82) is 0 Å². The van der Waals surface area contributed by atoms with Crippen molar-refractivity contribution in [1.82, 2.24) is 4.90 Å². The highest BCUT2D eigenvalue weighted by atomic mass is 16.5. The van der Waals surface area contributed by atoms with Gasteiger partial charge in [0.2, 0.25) is 5.91 Å². The number of piperidine rings is 1. The number of likely N-dealkylation sites (tertiary alicyclic amines) is 1. The van der Waals surface area contributed by atoms with Gasteiger partial charge in [0.15, 0.2) is 0 Å². The maximum Gasteiger partial charge on any atom is 0.227 e. The molecule has 0 radical (unpaired) electrons. The van der Waals surface area contributed by atoms with Gasteiger partial charge >= 0.3 is 0 Å². The maximum absolute atomic E-state index is 12.1. The lowest BCUT2D eigenvalue weighted by Gasteiger charge is -2.36. The zero-order chi connectivity index (χ0) is 12.2. The van der Waals surface area contributed by atoms with E-state index < -0.39 is 0 Å². The van der Waals surface area contributed by atoms with Crippen LogP contribution in [0.2, 0.25) is 0 Å². The van der Waals surface area contributed by atoms with Crippen LogP contribution in [0.3, 0.4) is 0 Å². The number of nitrogens with zero attached hydrogens (tertiary/aromatic N) is 1. The fourth-order valence-corrected chi connectivity index (χ4v) is 2.14. The van der Waals surface area contributed by atoms with Crippen molar-refractivity contribution in [3.8, 4) is 0 Å². The smallest absolute Gasteiger partial charge is 0.227 e. The van der Waals surface area contributed by atoms with Crippen LogP contribution in [0.25, 0.3) is 0 Å². The van der Waals surface area contributed by atoms with Gasteiger partial charge in [-0.1, -0.05) is 20.8 Å². The molecule has 3 nitrogen and oxygen atoms in total. The number of ether oxygens (including phenoxy) is 1. The number of amides is 1. The van der Waals surface area contributed by atoms with Crippen LogP contribution in [-0.2, 0) is 9.53 Å². The van der Waals surface area contributed by atoms with Gasteiger partial charge in [0.05, 0.1) is 6.61 Å². The Labute approximate surface area is 99.1 Å². The fourth-order valence-electron chi connectivity index (χ4n) is 2.14. The average Bonchev–Trinajstić information content (AvgIpc) is 2.24. The molecule has 1 atom stereocenters. The minimum atomic E-state index is -0.256. The number of rotatable bonds is 3. The molecule has 1 amide bonds. The molecule has 16 heavy (non-hydrogen) atoms. The Morgan fingerprint density at radius 1 is 1.44 bits per heavy atom. The van der Waals surface area contributed by atoms with Gasteiger partial charge in [-0.05, 0) is 25.7 Å². The molecule has 3 heteroatoms. The summed E-state index contributed by atoms with van der Waals surface area (Å²) >= 11 is 0. The molecule has 0 aromatic carbocycles. The van der Waals surface area contributed by atoms with E-state index in [1.807, 2.05) is 32.6 Å². The van der Waals surface area contributed by atoms with Crippen molar-refractivity contribution >= 4 is 5.91 Å². The van der Waals surface area contributed by atoms with Gasteiger partial charge in [0, 0.05) is 25.1 Å². The van der Waals surface area contributed by atoms with Crippen LogP contribution < -0.4 is 0 Å². The third-order valence-corrected chi connectivity index (χ3v) is 3.01. The van der Waals surface area contributed by atoms with Gasteiger partial charge in [-0.3, -0.25) is 4.79 Å². The standard InChI is InChI=1S/C13H25NO2/c1-5-16-10-11-7-6-8-14(9-11)12(15)13(2,3)4/h11H,5-10H2,1-4H3. The van der Waals surface area contributed by atoms with E-state index in [-0.39, 0.29) is 11.3 Å². The lowest BCUT2D eigenvalue weighted by atomic mass is 9.91. The molecule has 1 fully saturated rings. The van der Waals surface area contributed by atoms with E-state index >= 15 is 0 Å². The van der Waals surface area contributed by atoms with Crippen molar-refractivity contribution in [2.24, 2.45) is 11.3 Å². The summed E-state index contributed by atoms with van der Waals surface area (Å²) in [6, 6.07) is 0. The highest BCUT2D eigenvalue weighted by Crippen LogP contribution is 2.23. The van der Waals surface area contributed by atoms with E-state index in [2.05, 4.69) is 0 Å². The Bertz CT molecular complexity index is 233. The van der Waals surface area contributed by atoms with Gasteiger partial charge in [0.1, 0.15) is 0 Å². The molecule has 1 rings (SSSR count). The predicted octanol–water partition coefficient (Wildman–Crippen LogP) is 2.31. The van der Waals surface area contributed by atoms with Gasteiger partial charge in [0.25, 0.3) is 0 Å². The second-order valence-electron chi connectivity index (χ2n) is 5.67. The highest BCUT2D eigenvalue weighted by molar-refractivity contribution is 5.81. The van der Waals surface area contributed by atoms with E-state index in [1.54, 1.807) is 0 Å². The number of carbonyl (C=O) groups is 1. The molecular weight excluding hydrogens is 202 g/mol. The van der Waals surface area contributed by atoms with Crippen molar-refractivity contribution in [2.75, 3.05) is 26.3 Å². The average molecular weight is 227 g/mol. The first-order valence-electron chi connectivity index (χ1n) is 6.32. The van der Waals surface area contributed by atoms with Gasteiger partial charge in [-0.2, -0.15) is 0 Å². The largest absolute Gasteiger partial charge is 0.381 e. The first kappa shape index (κ1) is 13.5. The van der Waals surface area contributed by atoms with Crippen molar-refractivity contribution in [2.45, 2.75) is 40.5 Å². The Morgan fingerprint density at radius 2 is 2.12 bits per heavy atom. The predicted molar refractivity (Wildman–Crippen MR) is 65.3 cm³/mol. The van der Waals surface area contributed by atoms with Crippen LogP contribution in [-0.4, -0.2) is 37.1 Å². The summed E-state index contributed by atoms with van der Waals surface area (Å²) in [5, 5.41) is 0. The first-order valence-corrected chi connectivity index (χ1v) is 6.32. The van der Waals surface area contributed by atoms with E-state index in [9.17, 15) is 4.79 Å². The number of hydrogen-bond acceptors (Lipinski definition) is 2. The molecular formula is C13H25NO2. The minimum absolute atomic E-state index is 0.256. The van der Waals surface area contributed by atoms with E-state index in [4.69, 9.17) is 4.74 Å². The molecule has 1 heterocycles. The van der Waals surface area contributed by atoms with E-state index in [0.717, 1.165) is 32.7 Å². The summed E-state index contributed by atoms with van der Waals surface area (Å²) in [5.74, 6) is 0.800. The normalized spacial score (nSPS) is 22.2. The molecule has 0 N–H and O–H groups in total. The molecule has 1 aliphatic rings. The summed E-state index contributed by atoms with van der Waals surface area (Å²) in [6.07, 6.45) is 2.30. The Hall–Kier alpha value is -0.570. The maximum atomic E-state index is 12.1. The van der Waals surface area contributed by atoms with Crippen molar-refractivity contribution < 1.29 is 9.53 Å². The molecule has 0 spiro atoms. The summed E-state index contributed by atoms with van der Waals surface area (Å²) in [4.78, 5) is 14.1. The summed E-state index contributed by atoms with van der Waals surface area (Å²) in [7, 11) is 0. The van der Waals surface area contributed by atoms with Crippen LogP contribution in [0.4, 0.5) is 0 Å². The molecule has 94 valence electrons. The second-order valence-corrected chi connectivity index (χ2v) is 5.67. The van der Waals surface area contributed by atoms with Crippen LogP contribution in [0.5, 0.6) is 0 Å². The first-order chi connectivity index (χ1) is 7.45. The molecule has 0 saturated carbocycles. The second kappa shape index (κ2) is 5.67. The van der Waals surface area contributed by atoms with Gasteiger partial charge in [-0.25, -0.2) is 0 Å². The molecule has 0 aromatic rings. The zero-order valence-electron chi connectivity index (χ0n) is 11.1. The molecule has 0 aromatic heterocycles. The lowest BCUT2D eigenvalue weighted by Crippen LogP contribution is -2.46. The molecule has 0 bridgehead atoms. The molecule has 1 aliphatic heterocycles. The third kappa shape index (κ3) is 3.78.